The number of rotatable bonds is 4. The van der Waals surface area contributed by atoms with Crippen LogP contribution in [0.3, 0.4) is 0 Å². The Balaban J connectivity index is 0.000000494. The first kappa shape index (κ1) is 16.8. The molecule has 0 saturated carbocycles. The molecule has 0 aromatic carbocycles. The molecule has 0 radical (unpaired) electrons. The average Bonchev–Trinajstić information content (AvgIpc) is 2.25. The van der Waals surface area contributed by atoms with Crippen LogP contribution in [0.2, 0.25) is 0 Å². The van der Waals surface area contributed by atoms with E-state index in [9.17, 15) is 25.7 Å². The average molecular weight is 288 g/mol. The van der Waals surface area contributed by atoms with Gasteiger partial charge in [0.1, 0.15) is 0 Å². The van der Waals surface area contributed by atoms with E-state index in [1.54, 1.807) is 12.1 Å². The number of hydrogen-bond acceptors (Lipinski definition) is 4. The molecule has 0 aliphatic carbocycles. The Morgan fingerprint density at radius 3 is 2.22 bits per heavy atom. The molecule has 4 nitrogen and oxygen atoms in total. The number of nitrogens with zero attached hydrogens (tertiary/aromatic N) is 1. The highest BCUT2D eigenvalue weighted by Crippen LogP contribution is 2.07. The van der Waals surface area contributed by atoms with E-state index in [1.165, 1.54) is 12.3 Å². The fourth-order valence-electron chi connectivity index (χ4n) is 0.748. The van der Waals surface area contributed by atoms with Crippen molar-refractivity contribution >= 4 is 17.4 Å². The van der Waals surface area contributed by atoms with Gasteiger partial charge in [-0.25, -0.2) is 4.98 Å². The lowest BCUT2D eigenvalue weighted by Crippen LogP contribution is -2.08. The SMILES string of the molecule is CCCOS(=O)(=O)c1ccccn1.F[B-](F)(F)F. The van der Waals surface area contributed by atoms with E-state index in [-0.39, 0.29) is 11.6 Å². The molecule has 0 fully saturated rings. The third-order valence-corrected chi connectivity index (χ3v) is 2.57. The van der Waals surface area contributed by atoms with Crippen molar-refractivity contribution in [2.75, 3.05) is 6.61 Å². The van der Waals surface area contributed by atoms with Crippen LogP contribution in [0.15, 0.2) is 29.4 Å². The number of halogens is 4. The summed E-state index contributed by atoms with van der Waals surface area (Å²) in [5.74, 6) is 0. The Hall–Kier alpha value is -1.16. The number of pyridine rings is 1. The highest BCUT2D eigenvalue weighted by molar-refractivity contribution is 7.86. The zero-order chi connectivity index (χ0) is 14.2. The summed E-state index contributed by atoms with van der Waals surface area (Å²) in [6.07, 6.45) is 2.08. The van der Waals surface area contributed by atoms with Crippen LogP contribution in [-0.2, 0) is 14.3 Å². The van der Waals surface area contributed by atoms with Crippen molar-refractivity contribution < 1.29 is 29.9 Å². The Morgan fingerprint density at radius 2 is 1.83 bits per heavy atom. The second-order valence-corrected chi connectivity index (χ2v) is 4.50. The Labute approximate surface area is 102 Å². The molecule has 1 heterocycles. The third-order valence-electron chi connectivity index (χ3n) is 1.34. The molecule has 0 aliphatic heterocycles. The first-order valence-electron chi connectivity index (χ1n) is 4.84. The van der Waals surface area contributed by atoms with Crippen LogP contribution in [-0.4, -0.2) is 27.3 Å². The molecule has 1 aromatic rings. The molecule has 0 amide bonds. The maximum Gasteiger partial charge on any atom is 0.673 e. The molecule has 10 heteroatoms. The first-order chi connectivity index (χ1) is 8.17. The van der Waals surface area contributed by atoms with Crippen LogP contribution >= 0.6 is 0 Å². The number of aromatic nitrogens is 1. The third kappa shape index (κ3) is 8.94. The molecule has 0 spiro atoms. The summed E-state index contributed by atoms with van der Waals surface area (Å²) in [6, 6.07) is 4.67. The molecule has 0 atom stereocenters. The molecule has 0 unspecified atom stereocenters. The predicted octanol–water partition coefficient (Wildman–Crippen LogP) is 2.50. The molecule has 18 heavy (non-hydrogen) atoms. The first-order valence-corrected chi connectivity index (χ1v) is 6.25. The lowest BCUT2D eigenvalue weighted by Gasteiger charge is -2.01. The minimum Gasteiger partial charge on any atom is -0.418 e. The van der Waals surface area contributed by atoms with Crippen molar-refractivity contribution in [1.29, 1.82) is 0 Å². The van der Waals surface area contributed by atoms with Crippen LogP contribution < -0.4 is 0 Å². The molecular formula is C8H11BF4NO3S-. The maximum absolute atomic E-state index is 11.3. The van der Waals surface area contributed by atoms with Gasteiger partial charge in [-0.2, -0.15) is 8.42 Å². The fraction of sp³-hybridized carbons (Fsp3) is 0.375. The van der Waals surface area contributed by atoms with Gasteiger partial charge in [0.2, 0.25) is 0 Å². The van der Waals surface area contributed by atoms with Crippen LogP contribution in [0.4, 0.5) is 17.3 Å². The van der Waals surface area contributed by atoms with Crippen molar-refractivity contribution in [3.05, 3.63) is 24.4 Å². The van der Waals surface area contributed by atoms with Crippen LogP contribution in [0, 0.1) is 0 Å². The fourth-order valence-corrected chi connectivity index (χ4v) is 1.69. The Bertz CT molecular complexity index is 431. The van der Waals surface area contributed by atoms with E-state index in [4.69, 9.17) is 0 Å². The maximum atomic E-state index is 11.3. The van der Waals surface area contributed by atoms with Gasteiger partial charge in [-0.05, 0) is 18.6 Å². The topological polar surface area (TPSA) is 56.3 Å². The second-order valence-electron chi connectivity index (χ2n) is 2.94. The quantitative estimate of drug-likeness (QED) is 0.485. The minimum atomic E-state index is -6.00. The van der Waals surface area contributed by atoms with Gasteiger partial charge in [-0.3, -0.25) is 4.18 Å². The van der Waals surface area contributed by atoms with Gasteiger partial charge >= 0.3 is 17.4 Å². The molecule has 1 aromatic heterocycles. The van der Waals surface area contributed by atoms with E-state index >= 15 is 0 Å². The molecule has 0 aliphatic rings. The monoisotopic (exact) mass is 288 g/mol. The van der Waals surface area contributed by atoms with Gasteiger partial charge in [0.25, 0.3) is 0 Å². The molecule has 0 bridgehead atoms. The smallest absolute Gasteiger partial charge is 0.418 e. The number of hydrogen-bond donors (Lipinski definition) is 0. The molecule has 0 N–H and O–H groups in total. The van der Waals surface area contributed by atoms with Gasteiger partial charge < -0.3 is 17.3 Å². The van der Waals surface area contributed by atoms with E-state index in [2.05, 4.69) is 9.17 Å². The summed E-state index contributed by atoms with van der Waals surface area (Å²) in [7, 11) is -9.63. The van der Waals surface area contributed by atoms with Gasteiger partial charge in [0.05, 0.1) is 6.61 Å². The molecule has 0 saturated heterocycles. The second kappa shape index (κ2) is 7.32. The van der Waals surface area contributed by atoms with Crippen LogP contribution in [0.1, 0.15) is 13.3 Å². The highest BCUT2D eigenvalue weighted by atomic mass is 32.2. The van der Waals surface area contributed by atoms with Gasteiger partial charge in [-0.15, -0.1) is 0 Å². The van der Waals surface area contributed by atoms with Crippen molar-refractivity contribution in [3.63, 3.8) is 0 Å². The summed E-state index contributed by atoms with van der Waals surface area (Å²) in [5, 5.41) is -0.0385. The van der Waals surface area contributed by atoms with Crippen molar-refractivity contribution in [2.24, 2.45) is 0 Å². The van der Waals surface area contributed by atoms with Gasteiger partial charge in [0.15, 0.2) is 5.03 Å². The van der Waals surface area contributed by atoms with Crippen molar-refractivity contribution in [2.45, 2.75) is 18.4 Å². The lowest BCUT2D eigenvalue weighted by atomic mass is 10.3. The van der Waals surface area contributed by atoms with E-state index in [0.29, 0.717) is 6.42 Å². The molecule has 1 rings (SSSR count). The minimum absolute atomic E-state index is 0.0385. The lowest BCUT2D eigenvalue weighted by molar-refractivity contribution is 0.316. The highest BCUT2D eigenvalue weighted by Gasteiger charge is 2.20. The zero-order valence-electron chi connectivity index (χ0n) is 9.39. The largest absolute Gasteiger partial charge is 0.673 e. The predicted molar refractivity (Wildman–Crippen MR) is 57.9 cm³/mol. The summed E-state index contributed by atoms with van der Waals surface area (Å²) in [5.41, 5.74) is 0. The van der Waals surface area contributed by atoms with E-state index in [0.717, 1.165) is 0 Å². The van der Waals surface area contributed by atoms with Crippen molar-refractivity contribution in [1.82, 2.24) is 4.98 Å². The van der Waals surface area contributed by atoms with E-state index < -0.39 is 17.4 Å². The Morgan fingerprint density at radius 1 is 1.28 bits per heavy atom. The summed E-state index contributed by atoms with van der Waals surface area (Å²) < 4.78 is 66.3. The molecular weight excluding hydrogens is 277 g/mol. The van der Waals surface area contributed by atoms with Gasteiger partial charge in [-0.1, -0.05) is 13.0 Å². The summed E-state index contributed by atoms with van der Waals surface area (Å²) in [6.45, 7) is 2.03. The summed E-state index contributed by atoms with van der Waals surface area (Å²) in [4.78, 5) is 3.69. The van der Waals surface area contributed by atoms with Gasteiger partial charge in [0, 0.05) is 6.20 Å². The normalized spacial score (nSPS) is 11.6. The summed E-state index contributed by atoms with van der Waals surface area (Å²) >= 11 is 0. The van der Waals surface area contributed by atoms with Crippen LogP contribution in [0.5, 0.6) is 0 Å². The Kier molecular flexibility index (Phi) is 6.85. The van der Waals surface area contributed by atoms with Crippen LogP contribution in [0.25, 0.3) is 0 Å². The molecule has 104 valence electrons. The standard InChI is InChI=1S/C8H11NO3S.BF4/c1-2-7-12-13(10,11)8-5-3-4-6-9-8;2-1(3,4)5/h3-6H,2,7H2,1H3;/q;-1. The van der Waals surface area contributed by atoms with E-state index in [1.807, 2.05) is 6.92 Å². The zero-order valence-corrected chi connectivity index (χ0v) is 10.2. The van der Waals surface area contributed by atoms with Crippen molar-refractivity contribution in [3.8, 4) is 0 Å².